The van der Waals surface area contributed by atoms with Crippen LogP contribution in [-0.4, -0.2) is 32.1 Å². The van der Waals surface area contributed by atoms with E-state index in [2.05, 4.69) is 38.8 Å². The van der Waals surface area contributed by atoms with Crippen molar-refractivity contribution < 1.29 is 9.15 Å². The van der Waals surface area contributed by atoms with Crippen molar-refractivity contribution in [3.8, 4) is 17.2 Å². The Labute approximate surface area is 144 Å². The molecule has 0 saturated heterocycles. The third-order valence-corrected chi connectivity index (χ3v) is 4.51. The average molecular weight is 345 g/mol. The first-order valence-electron chi connectivity index (χ1n) is 7.77. The van der Waals surface area contributed by atoms with Crippen molar-refractivity contribution in [1.82, 2.24) is 25.0 Å². The average Bonchev–Trinajstić information content (AvgIpc) is 3.25. The van der Waals surface area contributed by atoms with Crippen LogP contribution in [0.25, 0.3) is 11.5 Å². The van der Waals surface area contributed by atoms with Crippen molar-refractivity contribution in [2.45, 2.75) is 37.7 Å². The van der Waals surface area contributed by atoms with Gasteiger partial charge in [0.2, 0.25) is 5.89 Å². The van der Waals surface area contributed by atoms with Crippen molar-refractivity contribution in [3.05, 3.63) is 36.0 Å². The first-order valence-corrected chi connectivity index (χ1v) is 8.76. The van der Waals surface area contributed by atoms with Crippen LogP contribution in [0.4, 0.5) is 0 Å². The molecule has 0 aliphatic rings. The highest BCUT2D eigenvalue weighted by Gasteiger charge is 2.15. The fraction of sp³-hybridized carbons (Fsp3) is 0.375. The van der Waals surface area contributed by atoms with E-state index in [9.17, 15) is 0 Å². The Hall–Kier alpha value is -2.35. The molecular weight excluding hydrogens is 326 g/mol. The van der Waals surface area contributed by atoms with Gasteiger partial charge in [-0.25, -0.2) is 0 Å². The molecule has 0 saturated carbocycles. The van der Waals surface area contributed by atoms with Crippen LogP contribution in [0, 0.1) is 0 Å². The molecule has 0 spiro atoms. The minimum atomic E-state index is 0.453. The molecule has 0 fully saturated rings. The van der Waals surface area contributed by atoms with Crippen LogP contribution in [0.5, 0.6) is 5.75 Å². The maximum Gasteiger partial charge on any atom is 0.251 e. The van der Waals surface area contributed by atoms with Gasteiger partial charge in [0, 0.05) is 13.0 Å². The van der Waals surface area contributed by atoms with E-state index in [1.165, 1.54) is 0 Å². The molecule has 1 aromatic carbocycles. The minimum absolute atomic E-state index is 0.453. The molecule has 0 N–H and O–H groups in total. The smallest absolute Gasteiger partial charge is 0.251 e. The van der Waals surface area contributed by atoms with Crippen molar-refractivity contribution >= 4 is 11.8 Å². The fourth-order valence-electron chi connectivity index (χ4n) is 2.37. The highest BCUT2D eigenvalue weighted by molar-refractivity contribution is 7.98. The predicted octanol–water partition coefficient (Wildman–Crippen LogP) is 3.21. The number of ether oxygens (including phenoxy) is 1. The molecule has 8 heteroatoms. The molecule has 0 amide bonds. The second-order valence-electron chi connectivity index (χ2n) is 4.99. The largest absolute Gasteiger partial charge is 0.496 e. The van der Waals surface area contributed by atoms with Crippen LogP contribution in [0.3, 0.4) is 0 Å². The summed E-state index contributed by atoms with van der Waals surface area (Å²) >= 11 is 1.54. The number of nitrogens with zero attached hydrogens (tertiary/aromatic N) is 5. The summed E-state index contributed by atoms with van der Waals surface area (Å²) in [5.41, 5.74) is 0.786. The van der Waals surface area contributed by atoms with Crippen molar-refractivity contribution in [2.24, 2.45) is 0 Å². The van der Waals surface area contributed by atoms with Crippen molar-refractivity contribution in [1.29, 1.82) is 0 Å². The van der Waals surface area contributed by atoms with Crippen LogP contribution in [-0.2, 0) is 18.7 Å². The molecular formula is C16H19N5O2S. The summed E-state index contributed by atoms with van der Waals surface area (Å²) in [5.74, 6) is 3.24. The highest BCUT2D eigenvalue weighted by Crippen LogP contribution is 2.29. The molecule has 0 atom stereocenters. The molecule has 3 rings (SSSR count). The molecule has 7 nitrogen and oxygen atoms in total. The van der Waals surface area contributed by atoms with E-state index in [0.717, 1.165) is 29.5 Å². The third-order valence-electron chi connectivity index (χ3n) is 3.55. The fourth-order valence-corrected chi connectivity index (χ4v) is 3.23. The number of para-hydroxylation sites is 1. The zero-order valence-corrected chi connectivity index (χ0v) is 14.7. The van der Waals surface area contributed by atoms with E-state index < -0.39 is 0 Å². The second-order valence-corrected chi connectivity index (χ2v) is 5.93. The molecule has 24 heavy (non-hydrogen) atoms. The van der Waals surface area contributed by atoms with Gasteiger partial charge in [0.1, 0.15) is 11.6 Å². The van der Waals surface area contributed by atoms with E-state index in [1.807, 2.05) is 24.3 Å². The zero-order valence-electron chi connectivity index (χ0n) is 13.9. The molecule has 0 unspecified atom stereocenters. The highest BCUT2D eigenvalue weighted by atomic mass is 32.2. The molecule has 0 radical (unpaired) electrons. The Balaban J connectivity index is 1.74. The minimum Gasteiger partial charge on any atom is -0.496 e. The van der Waals surface area contributed by atoms with E-state index in [1.54, 1.807) is 18.9 Å². The maximum absolute atomic E-state index is 5.76. The van der Waals surface area contributed by atoms with Gasteiger partial charge in [-0.1, -0.05) is 30.8 Å². The van der Waals surface area contributed by atoms with E-state index in [-0.39, 0.29) is 0 Å². The molecule has 2 heterocycles. The molecule has 0 bridgehead atoms. The summed E-state index contributed by atoms with van der Waals surface area (Å²) in [6, 6.07) is 7.57. The molecule has 0 aliphatic carbocycles. The Morgan fingerprint density at radius 3 is 2.71 bits per heavy atom. The SMILES string of the molecule is CCc1nnc(SCc2nnc(-c3ccccc3OC)o2)n1CC. The normalized spacial score (nSPS) is 11.0. The van der Waals surface area contributed by atoms with Crippen molar-refractivity contribution in [2.75, 3.05) is 7.11 Å². The number of rotatable bonds is 7. The van der Waals surface area contributed by atoms with Gasteiger partial charge in [-0.3, -0.25) is 0 Å². The first-order chi connectivity index (χ1) is 11.8. The summed E-state index contributed by atoms with van der Waals surface area (Å²) in [4.78, 5) is 0. The van der Waals surface area contributed by atoms with Gasteiger partial charge in [0.15, 0.2) is 5.16 Å². The van der Waals surface area contributed by atoms with Gasteiger partial charge in [-0.15, -0.1) is 20.4 Å². The zero-order chi connectivity index (χ0) is 16.9. The lowest BCUT2D eigenvalue weighted by molar-refractivity contribution is 0.414. The number of aryl methyl sites for hydroxylation is 1. The summed E-state index contributed by atoms with van der Waals surface area (Å²) < 4.78 is 13.2. The summed E-state index contributed by atoms with van der Waals surface area (Å²) in [6.07, 6.45) is 0.861. The number of thioether (sulfide) groups is 1. The summed E-state index contributed by atoms with van der Waals surface area (Å²) in [5, 5.41) is 17.5. The number of methoxy groups -OCH3 is 1. The topological polar surface area (TPSA) is 78.9 Å². The van der Waals surface area contributed by atoms with Gasteiger partial charge in [-0.2, -0.15) is 0 Å². The van der Waals surface area contributed by atoms with Crippen LogP contribution in [0.1, 0.15) is 25.6 Å². The second kappa shape index (κ2) is 7.48. The van der Waals surface area contributed by atoms with E-state index >= 15 is 0 Å². The first kappa shape index (κ1) is 16.5. The number of aromatic nitrogens is 5. The Morgan fingerprint density at radius 1 is 1.12 bits per heavy atom. The molecule has 0 aliphatic heterocycles. The van der Waals surface area contributed by atoms with Gasteiger partial charge in [0.25, 0.3) is 5.89 Å². The van der Waals surface area contributed by atoms with Crippen molar-refractivity contribution in [3.63, 3.8) is 0 Å². The number of hydrogen-bond donors (Lipinski definition) is 0. The summed E-state index contributed by atoms with van der Waals surface area (Å²) in [6.45, 7) is 5.00. The van der Waals surface area contributed by atoms with Crippen LogP contribution >= 0.6 is 11.8 Å². The standard InChI is InChI=1S/C16H19N5O2S/c1-4-13-17-20-16(21(13)5-2)24-10-14-18-19-15(23-14)11-8-6-7-9-12(11)22-3/h6-9H,4-5,10H2,1-3H3. The monoisotopic (exact) mass is 345 g/mol. The molecule has 126 valence electrons. The lowest BCUT2D eigenvalue weighted by atomic mass is 10.2. The lowest BCUT2D eigenvalue weighted by Crippen LogP contribution is -2.02. The maximum atomic E-state index is 5.76. The Bertz CT molecular complexity index is 814. The number of benzene rings is 1. The van der Waals surface area contributed by atoms with E-state index in [4.69, 9.17) is 9.15 Å². The summed E-state index contributed by atoms with van der Waals surface area (Å²) in [7, 11) is 1.62. The molecule has 2 aromatic heterocycles. The number of hydrogen-bond acceptors (Lipinski definition) is 7. The predicted molar refractivity (Wildman–Crippen MR) is 90.9 cm³/mol. The van der Waals surface area contributed by atoms with Crippen LogP contribution in [0.15, 0.2) is 33.8 Å². The Kier molecular flexibility index (Phi) is 5.14. The van der Waals surface area contributed by atoms with Gasteiger partial charge < -0.3 is 13.7 Å². The molecule has 3 aromatic rings. The quantitative estimate of drug-likeness (QED) is 0.608. The third kappa shape index (κ3) is 3.28. The van der Waals surface area contributed by atoms with Crippen LogP contribution in [0.2, 0.25) is 0 Å². The van der Waals surface area contributed by atoms with E-state index in [0.29, 0.717) is 23.3 Å². The van der Waals surface area contributed by atoms with Crippen LogP contribution < -0.4 is 4.74 Å². The van der Waals surface area contributed by atoms with Gasteiger partial charge >= 0.3 is 0 Å². The lowest BCUT2D eigenvalue weighted by Gasteiger charge is -2.04. The Morgan fingerprint density at radius 2 is 1.96 bits per heavy atom. The van der Waals surface area contributed by atoms with Gasteiger partial charge in [-0.05, 0) is 19.1 Å². The van der Waals surface area contributed by atoms with Gasteiger partial charge in [0.05, 0.1) is 18.4 Å².